The van der Waals surface area contributed by atoms with Crippen molar-refractivity contribution in [1.82, 2.24) is 9.97 Å². The number of nitrogens with zero attached hydrogens (tertiary/aromatic N) is 2. The molecule has 18 heavy (non-hydrogen) atoms. The van der Waals surface area contributed by atoms with Crippen LogP contribution in [0.15, 0.2) is 41.1 Å². The third kappa shape index (κ3) is 3.27. The van der Waals surface area contributed by atoms with Crippen LogP contribution in [0.3, 0.4) is 0 Å². The molecule has 0 fully saturated rings. The van der Waals surface area contributed by atoms with Gasteiger partial charge in [-0.15, -0.1) is 0 Å². The number of anilines is 1. The number of aromatic nitrogens is 2. The van der Waals surface area contributed by atoms with Gasteiger partial charge in [-0.1, -0.05) is 28.1 Å². The molecule has 0 saturated heterocycles. The second-order valence-corrected chi connectivity index (χ2v) is 5.00. The average molecular weight is 307 g/mol. The van der Waals surface area contributed by atoms with Crippen molar-refractivity contribution in [3.05, 3.63) is 41.1 Å². The summed E-state index contributed by atoms with van der Waals surface area (Å²) in [6.07, 6.45) is 3.61. The average Bonchev–Trinajstić information content (AvgIpc) is 2.39. The Morgan fingerprint density at radius 2 is 2.00 bits per heavy atom. The predicted molar refractivity (Wildman–Crippen MR) is 77.3 cm³/mol. The van der Waals surface area contributed by atoms with E-state index in [1.54, 1.807) is 12.4 Å². The van der Waals surface area contributed by atoms with Crippen LogP contribution in [0.4, 0.5) is 5.95 Å². The Bertz CT molecular complexity index is 513. The van der Waals surface area contributed by atoms with Gasteiger partial charge in [0.15, 0.2) is 0 Å². The number of nitrogens with one attached hydrogen (secondary N) is 1. The smallest absolute Gasteiger partial charge is 0.222 e. The van der Waals surface area contributed by atoms with Gasteiger partial charge in [-0.05, 0) is 24.6 Å². The molecule has 3 N–H and O–H groups in total. The zero-order chi connectivity index (χ0) is 13.0. The number of halogens is 1. The van der Waals surface area contributed by atoms with Gasteiger partial charge in [-0.3, -0.25) is 0 Å². The van der Waals surface area contributed by atoms with Gasteiger partial charge in [0.25, 0.3) is 0 Å². The van der Waals surface area contributed by atoms with Crippen LogP contribution in [-0.4, -0.2) is 22.6 Å². The summed E-state index contributed by atoms with van der Waals surface area (Å²) in [5.74, 6) is 0.603. The van der Waals surface area contributed by atoms with Crippen molar-refractivity contribution >= 4 is 21.9 Å². The highest BCUT2D eigenvalue weighted by Crippen LogP contribution is 2.21. The Morgan fingerprint density at radius 3 is 2.61 bits per heavy atom. The van der Waals surface area contributed by atoms with E-state index in [9.17, 15) is 0 Å². The van der Waals surface area contributed by atoms with Crippen LogP contribution >= 0.6 is 15.9 Å². The number of benzene rings is 1. The highest BCUT2D eigenvalue weighted by Gasteiger charge is 2.03. The molecule has 1 aromatic heterocycles. The Morgan fingerprint density at radius 1 is 1.28 bits per heavy atom. The summed E-state index contributed by atoms with van der Waals surface area (Å²) in [5, 5.41) is 3.13. The molecule has 0 aliphatic heterocycles. The normalized spacial score (nSPS) is 12.2. The summed E-state index contributed by atoms with van der Waals surface area (Å²) in [5.41, 5.74) is 7.61. The zero-order valence-electron chi connectivity index (χ0n) is 10.1. The minimum atomic E-state index is 0.168. The molecular formula is C13H15BrN4. The van der Waals surface area contributed by atoms with Gasteiger partial charge >= 0.3 is 0 Å². The molecule has 0 spiro atoms. The van der Waals surface area contributed by atoms with Gasteiger partial charge in [-0.25, -0.2) is 9.97 Å². The van der Waals surface area contributed by atoms with Gasteiger partial charge in [-0.2, -0.15) is 0 Å². The molecule has 0 amide bonds. The first-order valence-corrected chi connectivity index (χ1v) is 6.53. The number of nitrogens with two attached hydrogens (primary N) is 1. The maximum Gasteiger partial charge on any atom is 0.222 e. The standard InChI is InChI=1S/C13H15BrN4/c1-9(6-15)18-13-16-7-11(8-17-13)10-3-2-4-12(14)5-10/h2-5,7-9H,6,15H2,1H3,(H,16,17,18). The number of hydrogen-bond acceptors (Lipinski definition) is 4. The summed E-state index contributed by atoms with van der Waals surface area (Å²) in [4.78, 5) is 8.56. The molecule has 1 aromatic carbocycles. The van der Waals surface area contributed by atoms with Crippen LogP contribution in [0.25, 0.3) is 11.1 Å². The maximum atomic E-state index is 5.53. The van der Waals surface area contributed by atoms with E-state index in [-0.39, 0.29) is 6.04 Å². The fourth-order valence-electron chi connectivity index (χ4n) is 1.50. The molecule has 0 saturated carbocycles. The molecule has 1 heterocycles. The Hall–Kier alpha value is -1.46. The highest BCUT2D eigenvalue weighted by atomic mass is 79.9. The van der Waals surface area contributed by atoms with Crippen LogP contribution in [-0.2, 0) is 0 Å². The van der Waals surface area contributed by atoms with Crippen LogP contribution in [0.5, 0.6) is 0 Å². The lowest BCUT2D eigenvalue weighted by Gasteiger charge is -2.11. The molecule has 0 radical (unpaired) electrons. The molecule has 94 valence electrons. The summed E-state index contributed by atoms with van der Waals surface area (Å²) in [7, 11) is 0. The number of rotatable bonds is 4. The van der Waals surface area contributed by atoms with E-state index in [4.69, 9.17) is 5.73 Å². The molecule has 1 unspecified atom stereocenters. The molecule has 2 rings (SSSR count). The predicted octanol–water partition coefficient (Wildman–Crippen LogP) is 2.67. The Kier molecular flexibility index (Phi) is 4.28. The minimum Gasteiger partial charge on any atom is -0.351 e. The molecule has 4 nitrogen and oxygen atoms in total. The van der Waals surface area contributed by atoms with E-state index in [2.05, 4.69) is 31.2 Å². The van der Waals surface area contributed by atoms with Gasteiger partial charge in [0.05, 0.1) is 0 Å². The van der Waals surface area contributed by atoms with Crippen LogP contribution < -0.4 is 11.1 Å². The first-order chi connectivity index (χ1) is 8.69. The van der Waals surface area contributed by atoms with E-state index in [1.165, 1.54) is 0 Å². The Balaban J connectivity index is 2.17. The van der Waals surface area contributed by atoms with E-state index in [1.807, 2.05) is 31.2 Å². The van der Waals surface area contributed by atoms with Crippen molar-refractivity contribution in [3.63, 3.8) is 0 Å². The molecular weight excluding hydrogens is 292 g/mol. The molecule has 1 atom stereocenters. The van der Waals surface area contributed by atoms with Gasteiger partial charge < -0.3 is 11.1 Å². The SMILES string of the molecule is CC(CN)Nc1ncc(-c2cccc(Br)c2)cn1. The van der Waals surface area contributed by atoms with Gasteiger partial charge in [0.2, 0.25) is 5.95 Å². The quantitative estimate of drug-likeness (QED) is 0.911. The monoisotopic (exact) mass is 306 g/mol. The van der Waals surface area contributed by atoms with E-state index < -0.39 is 0 Å². The summed E-state index contributed by atoms with van der Waals surface area (Å²) in [6, 6.07) is 8.21. The minimum absolute atomic E-state index is 0.168. The maximum absolute atomic E-state index is 5.53. The first-order valence-electron chi connectivity index (χ1n) is 5.73. The van der Waals surface area contributed by atoms with Crippen LogP contribution in [0.1, 0.15) is 6.92 Å². The fourth-order valence-corrected chi connectivity index (χ4v) is 1.90. The van der Waals surface area contributed by atoms with Crippen molar-refractivity contribution in [2.75, 3.05) is 11.9 Å². The third-order valence-corrected chi connectivity index (χ3v) is 3.03. The summed E-state index contributed by atoms with van der Waals surface area (Å²) < 4.78 is 1.04. The van der Waals surface area contributed by atoms with Gasteiger partial charge in [0, 0.05) is 35.0 Å². The third-order valence-electron chi connectivity index (χ3n) is 2.54. The molecule has 0 aliphatic rings. The molecule has 0 bridgehead atoms. The topological polar surface area (TPSA) is 63.8 Å². The van der Waals surface area contributed by atoms with Crippen LogP contribution in [0, 0.1) is 0 Å². The zero-order valence-corrected chi connectivity index (χ0v) is 11.7. The summed E-state index contributed by atoms with van der Waals surface area (Å²) in [6.45, 7) is 2.54. The molecule has 0 aliphatic carbocycles. The number of hydrogen-bond donors (Lipinski definition) is 2. The lowest BCUT2D eigenvalue weighted by Crippen LogP contribution is -2.26. The highest BCUT2D eigenvalue weighted by molar-refractivity contribution is 9.10. The first kappa shape index (κ1) is 13.0. The van der Waals surface area contributed by atoms with Crippen molar-refractivity contribution in [3.8, 4) is 11.1 Å². The van der Waals surface area contributed by atoms with E-state index in [0.717, 1.165) is 15.6 Å². The van der Waals surface area contributed by atoms with Crippen LogP contribution in [0.2, 0.25) is 0 Å². The van der Waals surface area contributed by atoms with Crippen molar-refractivity contribution in [1.29, 1.82) is 0 Å². The van der Waals surface area contributed by atoms with E-state index in [0.29, 0.717) is 12.5 Å². The van der Waals surface area contributed by atoms with Crippen molar-refractivity contribution < 1.29 is 0 Å². The van der Waals surface area contributed by atoms with Crippen molar-refractivity contribution in [2.24, 2.45) is 5.73 Å². The largest absolute Gasteiger partial charge is 0.351 e. The lowest BCUT2D eigenvalue weighted by molar-refractivity contribution is 0.790. The Labute approximate surface area is 115 Å². The second kappa shape index (κ2) is 5.93. The fraction of sp³-hybridized carbons (Fsp3) is 0.231. The second-order valence-electron chi connectivity index (χ2n) is 4.09. The van der Waals surface area contributed by atoms with Gasteiger partial charge in [0.1, 0.15) is 0 Å². The summed E-state index contributed by atoms with van der Waals surface area (Å²) >= 11 is 3.45. The lowest BCUT2D eigenvalue weighted by atomic mass is 10.1. The molecule has 5 heteroatoms. The van der Waals surface area contributed by atoms with E-state index >= 15 is 0 Å². The van der Waals surface area contributed by atoms with Crippen molar-refractivity contribution in [2.45, 2.75) is 13.0 Å². The molecule has 2 aromatic rings.